The van der Waals surface area contributed by atoms with Gasteiger partial charge in [-0.25, -0.2) is 9.69 Å². The third kappa shape index (κ3) is 3.66. The summed E-state index contributed by atoms with van der Waals surface area (Å²) < 4.78 is 0. The molecule has 1 aliphatic rings. The number of aromatic carboxylic acids is 1. The maximum absolute atomic E-state index is 13.0. The zero-order valence-corrected chi connectivity index (χ0v) is 18.5. The van der Waals surface area contributed by atoms with Crippen LogP contribution in [0.1, 0.15) is 41.4 Å². The monoisotopic (exact) mass is 485 g/mol. The van der Waals surface area contributed by atoms with E-state index in [9.17, 15) is 29.4 Å². The van der Waals surface area contributed by atoms with E-state index in [1.165, 1.54) is 36.4 Å². The molecule has 0 aliphatic carbocycles. The minimum atomic E-state index is -1.24. The summed E-state index contributed by atoms with van der Waals surface area (Å²) in [6.45, 7) is 0. The Kier molecular flexibility index (Phi) is 5.22. The minimum absolute atomic E-state index is 0.00778. The predicted octanol–water partition coefficient (Wildman–Crippen LogP) is 4.32. The summed E-state index contributed by atoms with van der Waals surface area (Å²) in [4.78, 5) is 50.9. The lowest BCUT2D eigenvalue weighted by Crippen LogP contribution is -2.29. The summed E-state index contributed by atoms with van der Waals surface area (Å²) in [6.07, 6.45) is 0. The number of fused-ring (bicyclic) bond motifs is 2. The topological polar surface area (TPSA) is 127 Å². The van der Waals surface area contributed by atoms with Gasteiger partial charge >= 0.3 is 5.97 Å². The van der Waals surface area contributed by atoms with Crippen LogP contribution in [-0.4, -0.2) is 28.8 Å². The zero-order valence-electron chi connectivity index (χ0n) is 17.7. The van der Waals surface area contributed by atoms with Crippen LogP contribution in [0.15, 0.2) is 72.8 Å². The molecule has 0 aromatic heterocycles. The second-order valence-electron chi connectivity index (χ2n) is 7.79. The fourth-order valence-corrected chi connectivity index (χ4v) is 4.18. The molecule has 8 nitrogen and oxygen atoms in total. The van der Waals surface area contributed by atoms with Gasteiger partial charge in [-0.05, 0) is 53.2 Å². The Hall–Kier alpha value is -4.69. The zero-order chi connectivity index (χ0) is 24.9. The molecule has 172 valence electrons. The summed E-state index contributed by atoms with van der Waals surface area (Å²) in [7, 11) is 0. The number of benzene rings is 4. The van der Waals surface area contributed by atoms with Crippen LogP contribution in [0.2, 0.25) is 5.02 Å². The van der Waals surface area contributed by atoms with Gasteiger partial charge in [0, 0.05) is 11.3 Å². The van der Waals surface area contributed by atoms with E-state index in [-0.39, 0.29) is 38.7 Å². The summed E-state index contributed by atoms with van der Waals surface area (Å²) in [5.74, 6) is -3.74. The number of amides is 3. The number of hydrogen-bond donors (Lipinski definition) is 2. The van der Waals surface area contributed by atoms with Gasteiger partial charge in [0.1, 0.15) is 0 Å². The first kappa shape index (κ1) is 22.1. The van der Waals surface area contributed by atoms with Crippen LogP contribution >= 0.6 is 11.6 Å². The van der Waals surface area contributed by atoms with Gasteiger partial charge in [-0.2, -0.15) is 0 Å². The molecule has 0 fully saturated rings. The number of hydrogen-bond acceptors (Lipinski definition) is 5. The molecule has 5 rings (SSSR count). The number of carbonyl (C=O) groups excluding carboxylic acids is 3. The number of nitrogens with zero attached hydrogens (tertiary/aromatic N) is 1. The summed E-state index contributed by atoms with van der Waals surface area (Å²) in [5, 5.41) is 25.7. The van der Waals surface area contributed by atoms with Crippen LogP contribution in [0, 0.1) is 0 Å². The molecule has 35 heavy (non-hydrogen) atoms. The third-order valence-corrected chi connectivity index (χ3v) is 6.02. The molecule has 0 unspecified atom stereocenters. The van der Waals surface area contributed by atoms with Gasteiger partial charge in [-0.15, -0.1) is 0 Å². The second-order valence-corrected chi connectivity index (χ2v) is 8.20. The molecular weight excluding hydrogens is 472 g/mol. The van der Waals surface area contributed by atoms with Crippen molar-refractivity contribution in [2.45, 2.75) is 0 Å². The Bertz CT molecular complexity index is 1600. The molecule has 1 heterocycles. The van der Waals surface area contributed by atoms with Crippen molar-refractivity contribution < 1.29 is 29.4 Å². The van der Waals surface area contributed by atoms with E-state index in [0.29, 0.717) is 10.8 Å². The summed E-state index contributed by atoms with van der Waals surface area (Å²) in [6, 6.07) is 17.8. The van der Waals surface area contributed by atoms with Crippen LogP contribution in [0.25, 0.3) is 10.8 Å². The Morgan fingerprint density at radius 1 is 0.886 bits per heavy atom. The molecule has 3 amide bonds. The molecule has 1 aliphatic heterocycles. The van der Waals surface area contributed by atoms with Gasteiger partial charge in [0.15, 0.2) is 0 Å². The molecule has 4 aromatic rings. The number of anilines is 2. The normalized spacial score (nSPS) is 12.7. The first-order valence-corrected chi connectivity index (χ1v) is 10.7. The first-order valence-electron chi connectivity index (χ1n) is 10.3. The van der Waals surface area contributed by atoms with Crippen LogP contribution in [0.4, 0.5) is 11.4 Å². The quantitative estimate of drug-likeness (QED) is 0.414. The molecule has 0 spiro atoms. The van der Waals surface area contributed by atoms with Crippen LogP contribution in [0.3, 0.4) is 0 Å². The minimum Gasteiger partial charge on any atom is -0.872 e. The SMILES string of the molecule is O=C(O)c1ccc2c(c1)C(=O)N(c1cc(NC(=O)c3ccc4ccccc4c3[O-])ccc1Cl)C2=O. The number of carboxylic acid groups (broad SMARTS) is 1. The molecule has 4 aromatic carbocycles. The number of halogens is 1. The van der Waals surface area contributed by atoms with Crippen molar-refractivity contribution in [1.82, 2.24) is 0 Å². The van der Waals surface area contributed by atoms with Crippen molar-refractivity contribution in [3.8, 4) is 5.75 Å². The highest BCUT2D eigenvalue weighted by molar-refractivity contribution is 6.40. The van der Waals surface area contributed by atoms with E-state index in [4.69, 9.17) is 11.6 Å². The lowest BCUT2D eigenvalue weighted by molar-refractivity contribution is -0.266. The first-order chi connectivity index (χ1) is 16.8. The summed E-state index contributed by atoms with van der Waals surface area (Å²) in [5.41, 5.74) is -0.0202. The van der Waals surface area contributed by atoms with Gasteiger partial charge in [0.2, 0.25) is 0 Å². The van der Waals surface area contributed by atoms with Crippen molar-refractivity contribution in [2.24, 2.45) is 0 Å². The maximum atomic E-state index is 13.0. The van der Waals surface area contributed by atoms with E-state index in [1.54, 1.807) is 30.3 Å². The highest BCUT2D eigenvalue weighted by Gasteiger charge is 2.38. The van der Waals surface area contributed by atoms with E-state index < -0.39 is 29.4 Å². The standard InChI is InChI=1S/C26H15ClN2O6/c27-20-10-7-15(28-23(31)18-9-5-13-3-1-2-4-16(13)22(18)30)12-21(20)29-24(32)17-8-6-14(26(34)35)11-19(17)25(29)33/h1-12,30H,(H,28,31)(H,34,35)/p-1. The molecule has 9 heteroatoms. The highest BCUT2D eigenvalue weighted by Crippen LogP contribution is 2.36. The Morgan fingerprint density at radius 3 is 2.40 bits per heavy atom. The van der Waals surface area contributed by atoms with Gasteiger partial charge in [-0.3, -0.25) is 14.4 Å². The molecule has 0 radical (unpaired) electrons. The lowest BCUT2D eigenvalue weighted by atomic mass is 10.0. The van der Waals surface area contributed by atoms with Crippen molar-refractivity contribution in [3.05, 3.63) is 100 Å². The number of imide groups is 1. The molecule has 0 bridgehead atoms. The van der Waals surface area contributed by atoms with Crippen LogP contribution < -0.4 is 15.3 Å². The molecule has 0 saturated carbocycles. The summed E-state index contributed by atoms with van der Waals surface area (Å²) >= 11 is 6.27. The van der Waals surface area contributed by atoms with E-state index in [2.05, 4.69) is 5.32 Å². The number of carboxylic acids is 1. The van der Waals surface area contributed by atoms with Crippen LogP contribution in [0.5, 0.6) is 5.75 Å². The van der Waals surface area contributed by atoms with Gasteiger partial charge in [-0.1, -0.05) is 47.7 Å². The molecule has 0 atom stereocenters. The molecule has 2 N–H and O–H groups in total. The van der Waals surface area contributed by atoms with Gasteiger partial charge in [0.25, 0.3) is 17.7 Å². The van der Waals surface area contributed by atoms with Gasteiger partial charge < -0.3 is 15.5 Å². The van der Waals surface area contributed by atoms with Crippen molar-refractivity contribution in [3.63, 3.8) is 0 Å². The fraction of sp³-hybridized carbons (Fsp3) is 0. The highest BCUT2D eigenvalue weighted by atomic mass is 35.5. The largest absolute Gasteiger partial charge is 0.872 e. The van der Waals surface area contributed by atoms with Crippen molar-refractivity contribution >= 4 is 57.4 Å². The van der Waals surface area contributed by atoms with Crippen molar-refractivity contribution in [1.29, 1.82) is 0 Å². The average Bonchev–Trinajstić information content (AvgIpc) is 3.10. The predicted molar refractivity (Wildman–Crippen MR) is 127 cm³/mol. The van der Waals surface area contributed by atoms with E-state index in [1.807, 2.05) is 0 Å². The molecular formula is C26H14ClN2O6-. The maximum Gasteiger partial charge on any atom is 0.335 e. The Morgan fingerprint density at radius 2 is 1.63 bits per heavy atom. The van der Waals surface area contributed by atoms with Crippen molar-refractivity contribution in [2.75, 3.05) is 10.2 Å². The third-order valence-electron chi connectivity index (χ3n) is 5.70. The number of rotatable bonds is 4. The smallest absolute Gasteiger partial charge is 0.335 e. The van der Waals surface area contributed by atoms with E-state index in [0.717, 1.165) is 11.0 Å². The second kappa shape index (κ2) is 8.27. The average molecular weight is 486 g/mol. The van der Waals surface area contributed by atoms with E-state index >= 15 is 0 Å². The Balaban J connectivity index is 1.47. The Labute approximate surface area is 203 Å². The number of nitrogens with one attached hydrogen (secondary N) is 1. The molecule has 0 saturated heterocycles. The number of carbonyl (C=O) groups is 4. The lowest BCUT2D eigenvalue weighted by Gasteiger charge is -2.19. The van der Waals surface area contributed by atoms with Crippen LogP contribution in [-0.2, 0) is 0 Å². The van der Waals surface area contributed by atoms with Gasteiger partial charge in [0.05, 0.1) is 27.4 Å². The fourth-order valence-electron chi connectivity index (χ4n) is 3.97.